The van der Waals surface area contributed by atoms with Gasteiger partial charge in [0, 0.05) is 22.4 Å². The van der Waals surface area contributed by atoms with E-state index in [4.69, 9.17) is 0 Å². The standard InChI is InChI=1S/C59H49NSi2/c1-59(2,3)45-30-32-46(33-31-45)60-57-37-35-53(61(47-19-9-4-10-20-47,48-21-11-5-12-22-48)49-23-13-6-14-24-49)41-55(57)56-42-54(36-38-58(56)60)62(50-25-15-7-16-26-50,51-27-17-8-18-28-51)52-34-29-43-39-44(43)40-52/h4-43H,1-3H3/t43-/m0/s1. The van der Waals surface area contributed by atoms with Gasteiger partial charge in [0.05, 0.1) is 11.0 Å². The van der Waals surface area contributed by atoms with Crippen molar-refractivity contribution in [2.45, 2.75) is 26.2 Å². The van der Waals surface area contributed by atoms with Crippen LogP contribution in [0.2, 0.25) is 0 Å². The van der Waals surface area contributed by atoms with Crippen LogP contribution in [0.3, 0.4) is 0 Å². The first-order valence-corrected chi connectivity index (χ1v) is 26.0. The average molecular weight is 828 g/mol. The van der Waals surface area contributed by atoms with Crippen LogP contribution in [0.4, 0.5) is 0 Å². The Hall–Kier alpha value is -6.79. The lowest BCUT2D eigenvalue weighted by atomic mass is 9.87. The third-order valence-electron chi connectivity index (χ3n) is 13.5. The van der Waals surface area contributed by atoms with Crippen LogP contribution in [0.15, 0.2) is 247 Å². The van der Waals surface area contributed by atoms with Crippen LogP contribution in [0, 0.1) is 5.92 Å². The van der Waals surface area contributed by atoms with E-state index >= 15 is 0 Å². The minimum Gasteiger partial charge on any atom is -0.309 e. The molecule has 0 spiro atoms. The maximum atomic E-state index is 2.59. The van der Waals surface area contributed by atoms with E-state index in [2.05, 4.69) is 262 Å². The van der Waals surface area contributed by atoms with Crippen molar-refractivity contribution in [2.24, 2.45) is 5.92 Å². The van der Waals surface area contributed by atoms with E-state index in [0.717, 1.165) is 0 Å². The molecular weight excluding hydrogens is 779 g/mol. The second-order valence-corrected chi connectivity index (χ2v) is 25.7. The summed E-state index contributed by atoms with van der Waals surface area (Å²) in [4.78, 5) is 0. The number of hydrogen-bond donors (Lipinski definition) is 0. The van der Waals surface area contributed by atoms with Gasteiger partial charge < -0.3 is 4.57 Å². The molecule has 2 aliphatic rings. The molecule has 3 heteroatoms. The summed E-state index contributed by atoms with van der Waals surface area (Å²) in [6, 6.07) is 80.8. The minimum absolute atomic E-state index is 0.0606. The molecule has 0 saturated carbocycles. The first kappa shape index (κ1) is 38.2. The number of aromatic nitrogens is 1. The molecule has 0 fully saturated rings. The number of hydrogen-bond acceptors (Lipinski definition) is 0. The molecule has 0 radical (unpaired) electrons. The minimum atomic E-state index is -2.82. The summed E-state index contributed by atoms with van der Waals surface area (Å²) in [5, 5.41) is 13.7. The van der Waals surface area contributed by atoms with E-state index in [1.165, 1.54) is 80.1 Å². The first-order chi connectivity index (χ1) is 30.4. The summed E-state index contributed by atoms with van der Waals surface area (Å²) < 4.78 is 2.51. The van der Waals surface area contributed by atoms with Crippen LogP contribution >= 0.6 is 0 Å². The van der Waals surface area contributed by atoms with E-state index in [0.29, 0.717) is 5.92 Å². The van der Waals surface area contributed by atoms with E-state index < -0.39 is 16.1 Å². The summed E-state index contributed by atoms with van der Waals surface area (Å²) in [6.45, 7) is 6.88. The van der Waals surface area contributed by atoms with E-state index in [1.807, 2.05) is 0 Å². The zero-order valence-corrected chi connectivity index (χ0v) is 37.5. The zero-order valence-electron chi connectivity index (χ0n) is 35.5. The van der Waals surface area contributed by atoms with Crippen LogP contribution < -0.4 is 36.3 Å². The highest BCUT2D eigenvalue weighted by atomic mass is 28.3. The molecule has 2 aliphatic carbocycles. The molecule has 11 rings (SSSR count). The molecule has 0 bridgehead atoms. The highest BCUT2D eigenvalue weighted by Crippen LogP contribution is 2.39. The van der Waals surface area contributed by atoms with Gasteiger partial charge in [0.25, 0.3) is 0 Å². The number of fused-ring (bicyclic) bond motifs is 4. The summed E-state index contributed by atoms with van der Waals surface area (Å²) in [5.74, 6) is 0.476. The number of allylic oxidation sites excluding steroid dienone is 6. The normalized spacial score (nSPS) is 15.0. The van der Waals surface area contributed by atoms with E-state index in [9.17, 15) is 0 Å². The molecule has 8 aromatic carbocycles. The highest BCUT2D eigenvalue weighted by Gasteiger charge is 2.45. The number of nitrogens with zero attached hydrogens (tertiary/aromatic N) is 1. The van der Waals surface area contributed by atoms with Gasteiger partial charge in [0.15, 0.2) is 16.1 Å². The molecule has 0 amide bonds. The summed E-state index contributed by atoms with van der Waals surface area (Å²) >= 11 is 0. The molecule has 1 heterocycles. The van der Waals surface area contributed by atoms with Crippen molar-refractivity contribution in [3.8, 4) is 5.69 Å². The van der Waals surface area contributed by atoms with Gasteiger partial charge in [-0.2, -0.15) is 0 Å². The van der Waals surface area contributed by atoms with Gasteiger partial charge >= 0.3 is 0 Å². The molecule has 1 atom stereocenters. The van der Waals surface area contributed by atoms with Gasteiger partial charge in [-0.25, -0.2) is 0 Å². The molecule has 1 aromatic heterocycles. The fourth-order valence-corrected chi connectivity index (χ4v) is 20.0. The van der Waals surface area contributed by atoms with Crippen molar-refractivity contribution in [3.63, 3.8) is 0 Å². The van der Waals surface area contributed by atoms with E-state index in [-0.39, 0.29) is 5.41 Å². The van der Waals surface area contributed by atoms with Crippen molar-refractivity contribution in [1.29, 1.82) is 0 Å². The topological polar surface area (TPSA) is 4.93 Å². The van der Waals surface area contributed by atoms with Crippen LogP contribution in [-0.2, 0) is 5.41 Å². The Kier molecular flexibility index (Phi) is 9.22. The maximum absolute atomic E-state index is 2.82. The highest BCUT2D eigenvalue weighted by molar-refractivity contribution is 7.20. The zero-order chi connectivity index (χ0) is 41.9. The van der Waals surface area contributed by atoms with E-state index in [1.54, 1.807) is 0 Å². The quantitative estimate of drug-likeness (QED) is 0.101. The molecule has 9 aromatic rings. The third kappa shape index (κ3) is 6.10. The Morgan fingerprint density at radius 1 is 0.419 bits per heavy atom. The van der Waals surface area contributed by atoms with Gasteiger partial charge in [-0.15, -0.1) is 0 Å². The second-order valence-electron chi connectivity index (χ2n) is 18.1. The first-order valence-electron chi connectivity index (χ1n) is 22.0. The lowest BCUT2D eigenvalue weighted by Gasteiger charge is -2.36. The predicted octanol–water partition coefficient (Wildman–Crippen LogP) is 9.52. The Labute approximate surface area is 367 Å². The van der Waals surface area contributed by atoms with Crippen molar-refractivity contribution in [1.82, 2.24) is 4.57 Å². The fraction of sp³-hybridized carbons (Fsp3) is 0.0847. The van der Waals surface area contributed by atoms with Gasteiger partial charge in [0.2, 0.25) is 0 Å². The molecule has 1 nitrogen and oxygen atoms in total. The largest absolute Gasteiger partial charge is 0.309 e. The van der Waals surface area contributed by atoms with Crippen molar-refractivity contribution in [2.75, 3.05) is 0 Å². The fourth-order valence-electron chi connectivity index (χ4n) is 10.5. The second kappa shape index (κ2) is 15.0. The Morgan fingerprint density at radius 2 is 0.823 bits per heavy atom. The van der Waals surface area contributed by atoms with Gasteiger partial charge in [-0.1, -0.05) is 233 Å². The number of rotatable bonds is 9. The summed E-state index contributed by atoms with van der Waals surface area (Å²) in [6.07, 6.45) is 9.77. The maximum Gasteiger partial charge on any atom is 0.179 e. The molecule has 62 heavy (non-hydrogen) atoms. The van der Waals surface area contributed by atoms with Crippen molar-refractivity contribution in [3.05, 3.63) is 253 Å². The SMILES string of the molecule is CC(C)(C)c1ccc(-n2c3ccc([Si](C4=CC5=C[C@@H]5C=C4)(c4ccccc4)c4ccccc4)cc3c3cc([Si](c4ccccc4)(c4ccccc4)c4ccccc4)ccc32)cc1. The van der Waals surface area contributed by atoms with Crippen molar-refractivity contribution < 1.29 is 0 Å². The van der Waals surface area contributed by atoms with Gasteiger partial charge in [0.1, 0.15) is 0 Å². The van der Waals surface area contributed by atoms with Gasteiger partial charge in [-0.05, 0) is 82.3 Å². The number of benzene rings is 8. The molecular formula is C59H49NSi2. The Morgan fingerprint density at radius 3 is 1.23 bits per heavy atom. The Bertz CT molecular complexity index is 3040. The van der Waals surface area contributed by atoms with Crippen molar-refractivity contribution >= 4 is 74.3 Å². The lowest BCUT2D eigenvalue weighted by molar-refractivity contribution is 0.590. The molecule has 0 aliphatic heterocycles. The lowest BCUT2D eigenvalue weighted by Crippen LogP contribution is -2.74. The molecule has 0 unspecified atom stereocenters. The summed E-state index contributed by atoms with van der Waals surface area (Å²) in [5.41, 5.74) is 6.45. The average Bonchev–Trinajstić information content (AvgIpc) is 4.04. The molecule has 0 saturated heterocycles. The summed E-state index contributed by atoms with van der Waals surface area (Å²) in [7, 11) is -5.63. The van der Waals surface area contributed by atoms with Crippen LogP contribution in [0.1, 0.15) is 26.3 Å². The van der Waals surface area contributed by atoms with Crippen LogP contribution in [0.25, 0.3) is 27.5 Å². The monoisotopic (exact) mass is 827 g/mol. The smallest absolute Gasteiger partial charge is 0.179 e. The van der Waals surface area contributed by atoms with Crippen LogP contribution in [-0.4, -0.2) is 20.7 Å². The third-order valence-corrected chi connectivity index (χ3v) is 23.1. The molecule has 298 valence electrons. The van der Waals surface area contributed by atoms with Gasteiger partial charge in [-0.3, -0.25) is 0 Å². The Balaban J connectivity index is 1.25. The predicted molar refractivity (Wildman–Crippen MR) is 269 cm³/mol. The van der Waals surface area contributed by atoms with Crippen LogP contribution in [0.5, 0.6) is 0 Å². The molecule has 0 N–H and O–H groups in total.